The first-order chi connectivity index (χ1) is 21.3. The van der Waals surface area contributed by atoms with E-state index in [9.17, 15) is 0 Å². The molecule has 0 fully saturated rings. The zero-order valence-electron chi connectivity index (χ0n) is 22.8. The molecule has 43 heavy (non-hydrogen) atoms. The smallest absolute Gasteiger partial charge is 0.235 e. The number of hydrogen-bond acceptors (Lipinski definition) is 4. The minimum Gasteiger partial charge on any atom is -0.276 e. The van der Waals surface area contributed by atoms with Gasteiger partial charge in [0.1, 0.15) is 0 Å². The highest BCUT2D eigenvalue weighted by atomic mass is 32.2. The minimum atomic E-state index is 0.696. The fourth-order valence-corrected chi connectivity index (χ4v) is 9.42. The zero-order valence-corrected chi connectivity index (χ0v) is 24.4. The molecule has 0 spiro atoms. The van der Waals surface area contributed by atoms with Gasteiger partial charge in [-0.15, -0.1) is 22.7 Å². The van der Waals surface area contributed by atoms with Crippen LogP contribution >= 0.6 is 22.7 Å². The van der Waals surface area contributed by atoms with Crippen molar-refractivity contribution >= 4 is 95.7 Å². The maximum absolute atomic E-state index is 5.38. The molecule has 6 aromatic carbocycles. The third-order valence-corrected chi connectivity index (χ3v) is 11.1. The van der Waals surface area contributed by atoms with E-state index in [2.05, 4.69) is 132 Å². The Balaban J connectivity index is 1.34. The van der Waals surface area contributed by atoms with E-state index in [0.717, 1.165) is 27.7 Å². The van der Waals surface area contributed by atoms with Crippen molar-refractivity contribution in [3.05, 3.63) is 127 Å². The predicted octanol–water partition coefficient (Wildman–Crippen LogP) is 11.1. The topological polar surface area (TPSA) is 30.7 Å². The van der Waals surface area contributed by atoms with Gasteiger partial charge in [0.25, 0.3) is 0 Å². The molecule has 0 aliphatic heterocycles. The van der Waals surface area contributed by atoms with Gasteiger partial charge in [-0.1, -0.05) is 103 Å². The van der Waals surface area contributed by atoms with Crippen molar-refractivity contribution < 1.29 is 0 Å². The summed E-state index contributed by atoms with van der Waals surface area (Å²) in [5.41, 5.74) is 5.27. The molecule has 200 valence electrons. The maximum atomic E-state index is 5.38. The Morgan fingerprint density at radius 1 is 0.535 bits per heavy atom. The van der Waals surface area contributed by atoms with Crippen LogP contribution in [0.3, 0.4) is 0 Å². The number of aromatic nitrogens is 3. The summed E-state index contributed by atoms with van der Waals surface area (Å²) in [5.74, 6) is 0.696. The predicted molar refractivity (Wildman–Crippen MR) is 185 cm³/mol. The molecular weight excluding hydrogens is 563 g/mol. The van der Waals surface area contributed by atoms with E-state index in [0.29, 0.717) is 5.95 Å². The SMILES string of the molecule is c1ccc2cc(-c3nc(-n4c5ccccc5c5ccc6c(sc7sc8ccccc8c76)c54)nc4ccccc34)ccc2c1. The fraction of sp³-hybridized carbons (Fsp3) is 0. The van der Waals surface area contributed by atoms with Crippen molar-refractivity contribution in [2.24, 2.45) is 0 Å². The molecule has 0 N–H and O–H groups in total. The molecule has 5 heteroatoms. The Morgan fingerprint density at radius 3 is 2.21 bits per heavy atom. The van der Waals surface area contributed by atoms with Gasteiger partial charge in [-0.3, -0.25) is 4.57 Å². The van der Waals surface area contributed by atoms with E-state index in [1.54, 1.807) is 0 Å². The molecule has 0 atom stereocenters. The average molecular weight is 584 g/mol. The summed E-state index contributed by atoms with van der Waals surface area (Å²) >= 11 is 3.77. The quantitative estimate of drug-likeness (QED) is 0.203. The monoisotopic (exact) mass is 583 g/mol. The average Bonchev–Trinajstić information content (AvgIpc) is 3.72. The van der Waals surface area contributed by atoms with Gasteiger partial charge in [-0.2, -0.15) is 0 Å². The van der Waals surface area contributed by atoms with E-state index >= 15 is 0 Å². The molecule has 0 saturated heterocycles. The number of para-hydroxylation sites is 2. The Labute approximate surface area is 253 Å². The third-order valence-electron chi connectivity index (χ3n) is 8.63. The van der Waals surface area contributed by atoms with Crippen LogP contribution in [0.15, 0.2) is 127 Å². The van der Waals surface area contributed by atoms with Crippen LogP contribution in [0.1, 0.15) is 0 Å². The van der Waals surface area contributed by atoms with Crippen molar-refractivity contribution in [2.45, 2.75) is 0 Å². The van der Waals surface area contributed by atoms with Gasteiger partial charge in [0, 0.05) is 42.6 Å². The van der Waals surface area contributed by atoms with E-state index in [-0.39, 0.29) is 0 Å². The lowest BCUT2D eigenvalue weighted by Crippen LogP contribution is -2.03. The van der Waals surface area contributed by atoms with Gasteiger partial charge in [0.15, 0.2) is 0 Å². The van der Waals surface area contributed by atoms with Crippen LogP contribution in [-0.2, 0) is 0 Å². The first-order valence-corrected chi connectivity index (χ1v) is 16.0. The Hall–Kier alpha value is -5.10. The summed E-state index contributed by atoms with van der Waals surface area (Å²) < 4.78 is 6.28. The lowest BCUT2D eigenvalue weighted by atomic mass is 10.0. The number of fused-ring (bicyclic) bond motifs is 11. The maximum Gasteiger partial charge on any atom is 0.235 e. The molecule has 4 heterocycles. The number of nitrogens with zero attached hydrogens (tertiary/aromatic N) is 3. The second kappa shape index (κ2) is 8.71. The summed E-state index contributed by atoms with van der Waals surface area (Å²) in [4.78, 5) is 10.6. The number of thiophene rings is 2. The molecule has 0 amide bonds. The summed E-state index contributed by atoms with van der Waals surface area (Å²) in [6, 6.07) is 45.5. The van der Waals surface area contributed by atoms with Gasteiger partial charge < -0.3 is 0 Å². The highest BCUT2D eigenvalue weighted by Crippen LogP contribution is 2.48. The highest BCUT2D eigenvalue weighted by molar-refractivity contribution is 7.45. The molecule has 4 aromatic heterocycles. The number of benzene rings is 6. The molecule has 10 rings (SSSR count). The Kier molecular flexibility index (Phi) is 4.75. The largest absolute Gasteiger partial charge is 0.276 e. The summed E-state index contributed by atoms with van der Waals surface area (Å²) in [7, 11) is 0. The van der Waals surface area contributed by atoms with Crippen LogP contribution in [0.4, 0.5) is 0 Å². The number of hydrogen-bond donors (Lipinski definition) is 0. The molecule has 0 bridgehead atoms. The van der Waals surface area contributed by atoms with Crippen molar-refractivity contribution in [3.8, 4) is 17.2 Å². The second-order valence-corrected chi connectivity index (χ2v) is 13.3. The number of rotatable bonds is 2. The Morgan fingerprint density at radius 2 is 1.28 bits per heavy atom. The van der Waals surface area contributed by atoms with Gasteiger partial charge in [0.2, 0.25) is 5.95 Å². The first kappa shape index (κ1) is 23.5. The van der Waals surface area contributed by atoms with Crippen LogP contribution in [0.2, 0.25) is 0 Å². The van der Waals surface area contributed by atoms with E-state index < -0.39 is 0 Å². The van der Waals surface area contributed by atoms with Gasteiger partial charge >= 0.3 is 0 Å². The standard InChI is InChI=1S/C38H21N3S2/c1-2-10-23-21-24(18-17-22(23)9-1)34-27-12-3-6-14-30(27)39-38(40-34)41-31-15-7-4-11-25(31)26-19-20-29-33-28-13-5-8-16-32(28)42-37(33)43-36(29)35(26)41/h1-21H. The molecule has 0 aliphatic carbocycles. The van der Waals surface area contributed by atoms with Crippen LogP contribution < -0.4 is 0 Å². The van der Waals surface area contributed by atoms with Crippen LogP contribution in [0.5, 0.6) is 0 Å². The van der Waals surface area contributed by atoms with Crippen LogP contribution in [-0.4, -0.2) is 14.5 Å². The van der Waals surface area contributed by atoms with Crippen LogP contribution in [0.25, 0.3) is 90.3 Å². The normalized spacial score (nSPS) is 12.2. The van der Waals surface area contributed by atoms with Crippen molar-refractivity contribution in [2.75, 3.05) is 0 Å². The lowest BCUT2D eigenvalue weighted by molar-refractivity contribution is 1.02. The molecule has 0 radical (unpaired) electrons. The van der Waals surface area contributed by atoms with Gasteiger partial charge in [0.05, 0.1) is 31.0 Å². The van der Waals surface area contributed by atoms with E-state index in [1.165, 1.54) is 56.6 Å². The highest BCUT2D eigenvalue weighted by Gasteiger charge is 2.22. The molecule has 0 unspecified atom stereocenters. The molecule has 10 aromatic rings. The third kappa shape index (κ3) is 3.29. The molecular formula is C38H21N3S2. The first-order valence-electron chi connectivity index (χ1n) is 14.3. The van der Waals surface area contributed by atoms with Crippen molar-refractivity contribution in [1.82, 2.24) is 14.5 Å². The van der Waals surface area contributed by atoms with Crippen LogP contribution in [0, 0.1) is 0 Å². The fourth-order valence-electron chi connectivity index (χ4n) is 6.70. The molecule has 0 aliphatic rings. The van der Waals surface area contributed by atoms with Crippen molar-refractivity contribution in [1.29, 1.82) is 0 Å². The lowest BCUT2D eigenvalue weighted by Gasteiger charge is -2.12. The minimum absolute atomic E-state index is 0.696. The summed E-state index contributed by atoms with van der Waals surface area (Å²) in [6.07, 6.45) is 0. The summed E-state index contributed by atoms with van der Waals surface area (Å²) in [5, 5.41) is 9.90. The molecule has 3 nitrogen and oxygen atoms in total. The van der Waals surface area contributed by atoms with Gasteiger partial charge in [-0.05, 0) is 35.0 Å². The van der Waals surface area contributed by atoms with Crippen molar-refractivity contribution in [3.63, 3.8) is 0 Å². The zero-order chi connectivity index (χ0) is 28.1. The van der Waals surface area contributed by atoms with E-state index in [1.807, 2.05) is 22.7 Å². The Bertz CT molecular complexity index is 2750. The van der Waals surface area contributed by atoms with E-state index in [4.69, 9.17) is 9.97 Å². The van der Waals surface area contributed by atoms with Gasteiger partial charge in [-0.25, -0.2) is 9.97 Å². The second-order valence-electron chi connectivity index (χ2n) is 11.0. The summed E-state index contributed by atoms with van der Waals surface area (Å²) in [6.45, 7) is 0. The molecule has 0 saturated carbocycles.